The molecule has 114 valence electrons. The maximum absolute atomic E-state index is 12.2. The van der Waals surface area contributed by atoms with Gasteiger partial charge in [0.2, 0.25) is 0 Å². The fourth-order valence-corrected chi connectivity index (χ4v) is 2.55. The highest BCUT2D eigenvalue weighted by molar-refractivity contribution is 5.77. The maximum atomic E-state index is 12.2. The molecule has 0 aliphatic heterocycles. The van der Waals surface area contributed by atoms with Crippen LogP contribution in [0.5, 0.6) is 0 Å². The van der Waals surface area contributed by atoms with Gasteiger partial charge in [0.25, 0.3) is 5.56 Å². The molecule has 0 bridgehead atoms. The van der Waals surface area contributed by atoms with Crippen LogP contribution in [-0.4, -0.2) is 9.97 Å². The van der Waals surface area contributed by atoms with Crippen molar-refractivity contribution >= 4 is 10.9 Å². The van der Waals surface area contributed by atoms with Gasteiger partial charge < -0.3 is 4.98 Å². The summed E-state index contributed by atoms with van der Waals surface area (Å²) >= 11 is 0. The first kappa shape index (κ1) is 15.0. The van der Waals surface area contributed by atoms with Crippen molar-refractivity contribution in [3.63, 3.8) is 0 Å². The molecule has 0 unspecified atom stereocenters. The molecule has 2 heterocycles. The molecule has 4 nitrogen and oxygen atoms in total. The van der Waals surface area contributed by atoms with Gasteiger partial charge >= 0.3 is 0 Å². The number of pyridine rings is 2. The van der Waals surface area contributed by atoms with E-state index in [2.05, 4.69) is 16.0 Å². The number of aromatic amines is 1. The molecule has 3 aromatic rings. The Labute approximate surface area is 134 Å². The van der Waals surface area contributed by atoms with Crippen LogP contribution in [0.3, 0.4) is 0 Å². The first-order valence-electron chi connectivity index (χ1n) is 7.46. The van der Waals surface area contributed by atoms with E-state index in [0.717, 1.165) is 22.0 Å². The highest BCUT2D eigenvalue weighted by atomic mass is 16.1. The average Bonchev–Trinajstić information content (AvgIpc) is 2.56. The summed E-state index contributed by atoms with van der Waals surface area (Å²) in [7, 11) is 0. The SMILES string of the molecule is CC(C)(C#N)c1ccc(Cc2cc3cnccc3[nH]c2=O)cc1. The Morgan fingerprint density at radius 3 is 2.65 bits per heavy atom. The first-order chi connectivity index (χ1) is 11.0. The molecule has 1 aromatic carbocycles. The van der Waals surface area contributed by atoms with Gasteiger partial charge in [-0.2, -0.15) is 5.26 Å². The molecule has 0 saturated carbocycles. The van der Waals surface area contributed by atoms with E-state index >= 15 is 0 Å². The van der Waals surface area contributed by atoms with E-state index in [0.29, 0.717) is 12.0 Å². The summed E-state index contributed by atoms with van der Waals surface area (Å²) in [6.07, 6.45) is 3.95. The monoisotopic (exact) mass is 303 g/mol. The number of rotatable bonds is 3. The molecule has 0 spiro atoms. The standard InChI is InChI=1S/C19H17N3O/c1-19(2,12-20)16-5-3-13(4-6-16)9-14-10-15-11-21-8-7-17(15)22-18(14)23/h3-8,10-11H,9H2,1-2H3,(H,22,23). The van der Waals surface area contributed by atoms with Crippen LogP contribution in [0.15, 0.2) is 53.6 Å². The minimum Gasteiger partial charge on any atom is -0.322 e. The summed E-state index contributed by atoms with van der Waals surface area (Å²) in [6.45, 7) is 3.78. The molecule has 1 N–H and O–H groups in total. The van der Waals surface area contributed by atoms with E-state index in [1.165, 1.54) is 0 Å². The quantitative estimate of drug-likeness (QED) is 0.807. The summed E-state index contributed by atoms with van der Waals surface area (Å²) < 4.78 is 0. The lowest BCUT2D eigenvalue weighted by atomic mass is 9.86. The van der Waals surface area contributed by atoms with Gasteiger partial charge in [-0.15, -0.1) is 0 Å². The van der Waals surface area contributed by atoms with Crippen molar-refractivity contribution < 1.29 is 0 Å². The third-order valence-electron chi connectivity index (χ3n) is 4.07. The minimum atomic E-state index is -0.509. The first-order valence-corrected chi connectivity index (χ1v) is 7.46. The second-order valence-electron chi connectivity index (χ2n) is 6.20. The fourth-order valence-electron chi connectivity index (χ4n) is 2.55. The highest BCUT2D eigenvalue weighted by Gasteiger charge is 2.19. The van der Waals surface area contributed by atoms with Crippen LogP contribution in [0.2, 0.25) is 0 Å². The van der Waals surface area contributed by atoms with Gasteiger partial charge in [-0.1, -0.05) is 24.3 Å². The van der Waals surface area contributed by atoms with E-state index in [4.69, 9.17) is 0 Å². The van der Waals surface area contributed by atoms with Crippen LogP contribution >= 0.6 is 0 Å². The third-order valence-corrected chi connectivity index (χ3v) is 4.07. The summed E-state index contributed by atoms with van der Waals surface area (Å²) in [5.41, 5.74) is 2.92. The van der Waals surface area contributed by atoms with Gasteiger partial charge in [-0.3, -0.25) is 9.78 Å². The van der Waals surface area contributed by atoms with Crippen molar-refractivity contribution in [2.45, 2.75) is 25.7 Å². The number of H-pyrrole nitrogens is 1. The van der Waals surface area contributed by atoms with Gasteiger partial charge in [-0.05, 0) is 37.1 Å². The Morgan fingerprint density at radius 1 is 1.22 bits per heavy atom. The van der Waals surface area contributed by atoms with Crippen molar-refractivity contribution in [1.29, 1.82) is 5.26 Å². The number of nitrogens with zero attached hydrogens (tertiary/aromatic N) is 2. The molecular weight excluding hydrogens is 286 g/mol. The van der Waals surface area contributed by atoms with Crippen LogP contribution in [0.4, 0.5) is 0 Å². The predicted molar refractivity (Wildman–Crippen MR) is 90.3 cm³/mol. The average molecular weight is 303 g/mol. The Bertz CT molecular complexity index is 947. The molecule has 0 aliphatic rings. The lowest BCUT2D eigenvalue weighted by Gasteiger charge is -2.16. The molecule has 0 saturated heterocycles. The maximum Gasteiger partial charge on any atom is 0.251 e. The molecule has 0 aliphatic carbocycles. The highest BCUT2D eigenvalue weighted by Crippen LogP contribution is 2.23. The molecule has 0 radical (unpaired) electrons. The van der Waals surface area contributed by atoms with Gasteiger partial charge in [0.05, 0.1) is 17.0 Å². The second-order valence-corrected chi connectivity index (χ2v) is 6.20. The number of aromatic nitrogens is 2. The normalized spacial score (nSPS) is 11.3. The summed E-state index contributed by atoms with van der Waals surface area (Å²) in [5, 5.41) is 10.1. The molecule has 4 heteroatoms. The Hall–Kier alpha value is -2.93. The largest absolute Gasteiger partial charge is 0.322 e. The van der Waals surface area contributed by atoms with Crippen molar-refractivity contribution in [2.75, 3.05) is 0 Å². The zero-order chi connectivity index (χ0) is 16.4. The van der Waals surface area contributed by atoms with Crippen molar-refractivity contribution in [3.05, 3.63) is 75.8 Å². The molecule has 0 fully saturated rings. The number of fused-ring (bicyclic) bond motifs is 1. The van der Waals surface area contributed by atoms with Crippen LogP contribution in [0.25, 0.3) is 10.9 Å². The predicted octanol–water partition coefficient (Wildman–Crippen LogP) is 3.32. The Balaban J connectivity index is 1.92. The van der Waals surface area contributed by atoms with Crippen LogP contribution < -0.4 is 5.56 Å². The van der Waals surface area contributed by atoms with Gasteiger partial charge in [0.15, 0.2) is 0 Å². The van der Waals surface area contributed by atoms with E-state index in [1.54, 1.807) is 18.5 Å². The second kappa shape index (κ2) is 5.69. The number of benzene rings is 1. The van der Waals surface area contributed by atoms with Crippen molar-refractivity contribution in [3.8, 4) is 6.07 Å². The molecule has 2 aromatic heterocycles. The number of hydrogen-bond donors (Lipinski definition) is 1. The third kappa shape index (κ3) is 3.00. The zero-order valence-corrected chi connectivity index (χ0v) is 13.1. The molecular formula is C19H17N3O. The van der Waals surface area contributed by atoms with Gasteiger partial charge in [-0.25, -0.2) is 0 Å². The summed E-state index contributed by atoms with van der Waals surface area (Å²) in [4.78, 5) is 19.2. The molecule has 0 atom stereocenters. The van der Waals surface area contributed by atoms with E-state index in [-0.39, 0.29) is 5.56 Å². The molecule has 0 amide bonds. The zero-order valence-electron chi connectivity index (χ0n) is 13.1. The lowest BCUT2D eigenvalue weighted by Crippen LogP contribution is -2.14. The fraction of sp³-hybridized carbons (Fsp3) is 0.211. The lowest BCUT2D eigenvalue weighted by molar-refractivity contribution is 0.686. The number of nitrogens with one attached hydrogen (secondary N) is 1. The van der Waals surface area contributed by atoms with E-state index in [9.17, 15) is 10.1 Å². The van der Waals surface area contributed by atoms with Crippen LogP contribution in [-0.2, 0) is 11.8 Å². The van der Waals surface area contributed by atoms with Crippen molar-refractivity contribution in [1.82, 2.24) is 9.97 Å². The van der Waals surface area contributed by atoms with Crippen LogP contribution in [0.1, 0.15) is 30.5 Å². The minimum absolute atomic E-state index is 0.0786. The number of nitriles is 1. The molecule has 23 heavy (non-hydrogen) atoms. The summed E-state index contributed by atoms with van der Waals surface area (Å²) in [6, 6.07) is 13.8. The van der Waals surface area contributed by atoms with E-state index < -0.39 is 5.41 Å². The smallest absolute Gasteiger partial charge is 0.251 e. The van der Waals surface area contributed by atoms with Gasteiger partial charge in [0.1, 0.15) is 0 Å². The van der Waals surface area contributed by atoms with Crippen molar-refractivity contribution in [2.24, 2.45) is 0 Å². The Morgan fingerprint density at radius 2 is 1.96 bits per heavy atom. The number of hydrogen-bond acceptors (Lipinski definition) is 3. The topological polar surface area (TPSA) is 69.5 Å². The summed E-state index contributed by atoms with van der Waals surface area (Å²) in [5.74, 6) is 0. The Kier molecular flexibility index (Phi) is 3.71. The van der Waals surface area contributed by atoms with E-state index in [1.807, 2.05) is 44.2 Å². The van der Waals surface area contributed by atoms with Crippen LogP contribution in [0, 0.1) is 11.3 Å². The van der Waals surface area contributed by atoms with Gasteiger partial charge in [0, 0.05) is 29.8 Å². The molecule has 3 rings (SSSR count).